The average Bonchev–Trinajstić information content (AvgIpc) is 1.56. The van der Waals surface area contributed by atoms with Crippen LogP contribution in [0, 0.1) is 11.6 Å². The van der Waals surface area contributed by atoms with Crippen LogP contribution in [0.3, 0.4) is 0 Å². The van der Waals surface area contributed by atoms with Crippen molar-refractivity contribution in [2.24, 2.45) is 0 Å². The van der Waals surface area contributed by atoms with Gasteiger partial charge in [-0.3, -0.25) is 0 Å². The van der Waals surface area contributed by atoms with E-state index in [9.17, 15) is 8.78 Å². The van der Waals surface area contributed by atoms with Crippen LogP contribution in [-0.2, 0) is 0 Å². The zero-order valence-corrected chi connectivity index (χ0v) is 54.3. The summed E-state index contributed by atoms with van der Waals surface area (Å²) >= 11 is 0. The molecule has 0 atom stereocenters. The van der Waals surface area contributed by atoms with Gasteiger partial charge in [-0.25, -0.2) is 18.7 Å². The average molecular weight is 1290 g/mol. The summed E-state index contributed by atoms with van der Waals surface area (Å²) in [6.45, 7) is 0. The zero-order valence-electron chi connectivity index (χ0n) is 54.3. The van der Waals surface area contributed by atoms with E-state index in [1.165, 1.54) is 66.4 Å². The topological polar surface area (TPSA) is 35.6 Å². The molecule has 4 heterocycles. The smallest absolute Gasteiger partial charge is 0.131 e. The van der Waals surface area contributed by atoms with E-state index < -0.39 is 11.6 Å². The molecular weight excluding hydrogens is 1220 g/mol. The molecule has 18 rings (SSSR count). The Labute approximate surface area is 579 Å². The molecule has 0 bridgehead atoms. The predicted molar refractivity (Wildman–Crippen MR) is 411 cm³/mol. The van der Waals surface area contributed by atoms with Crippen molar-refractivity contribution in [2.45, 2.75) is 0 Å². The van der Waals surface area contributed by atoms with Gasteiger partial charge in [-0.2, -0.15) is 0 Å². The maximum Gasteiger partial charge on any atom is 0.131 e. The lowest BCUT2D eigenvalue weighted by Gasteiger charge is -2.18. The number of para-hydroxylation sites is 4. The summed E-state index contributed by atoms with van der Waals surface area (Å²) in [5.74, 6) is -0.939. The van der Waals surface area contributed by atoms with E-state index in [0.717, 1.165) is 107 Å². The highest BCUT2D eigenvalue weighted by Gasteiger charge is 2.21. The first kappa shape index (κ1) is 60.5. The van der Waals surface area contributed by atoms with Crippen LogP contribution >= 0.6 is 0 Å². The van der Waals surface area contributed by atoms with Gasteiger partial charge in [0, 0.05) is 60.6 Å². The van der Waals surface area contributed by atoms with E-state index in [-0.39, 0.29) is 5.56 Å². The Hall–Kier alpha value is -13.2. The van der Waals surface area contributed by atoms with Crippen molar-refractivity contribution in [3.05, 3.63) is 388 Å². The highest BCUT2D eigenvalue weighted by molar-refractivity contribution is 6.11. The Kier molecular flexibility index (Phi) is 16.0. The molecule has 0 amide bonds. The molecule has 0 aliphatic rings. The summed E-state index contributed by atoms with van der Waals surface area (Å²) in [6.07, 6.45) is 0. The van der Waals surface area contributed by atoms with E-state index in [1.807, 2.05) is 72.8 Å². The van der Waals surface area contributed by atoms with Crippen LogP contribution in [-0.4, -0.2) is 19.1 Å². The lowest BCUT2D eigenvalue weighted by molar-refractivity contribution is 0.603. The standard InChI is InChI=1S/C59H39N3.C35H23F2N/c1-3-16-40(17-4-1)41-30-32-42(33-31-41)46-37-53(43-18-5-2-6-19-43)60-54(38-46)45-21-15-20-44(36-45)52-39-47(61-55-26-11-7-22-48(55)49-23-8-12-27-56(49)61)34-35-59(52)62-57-28-13-9-24-50(57)51-25-10-14-29-58(51)62;36-31-18-19-33(37)32(23-31)28-12-7-13-29(20-28)35-22-30(21-34(38-35)27-10-5-2-6-11-27)26-16-14-25(15-17-26)24-8-3-1-4-9-24/h1-39H;1-23H. The molecule has 0 aliphatic carbocycles. The number of benzene rings is 14. The minimum Gasteiger partial charge on any atom is -0.309 e. The third-order valence-corrected chi connectivity index (χ3v) is 18.9. The summed E-state index contributed by atoms with van der Waals surface area (Å²) < 4.78 is 33.3. The predicted octanol–water partition coefficient (Wildman–Crippen LogP) is 25.3. The molecule has 4 nitrogen and oxygen atoms in total. The minimum absolute atomic E-state index is 0.225. The number of hydrogen-bond acceptors (Lipinski definition) is 2. The maximum atomic E-state index is 14.5. The van der Waals surface area contributed by atoms with E-state index in [4.69, 9.17) is 9.97 Å². The van der Waals surface area contributed by atoms with Crippen molar-refractivity contribution in [1.82, 2.24) is 19.1 Å². The molecule has 0 saturated carbocycles. The van der Waals surface area contributed by atoms with E-state index in [0.29, 0.717) is 5.56 Å². The summed E-state index contributed by atoms with van der Waals surface area (Å²) in [7, 11) is 0. The Morgan fingerprint density at radius 1 is 0.200 bits per heavy atom. The third-order valence-electron chi connectivity index (χ3n) is 18.9. The molecule has 0 N–H and O–H groups in total. The van der Waals surface area contributed by atoms with Gasteiger partial charge in [-0.1, -0.05) is 279 Å². The number of hydrogen-bond donors (Lipinski definition) is 0. The fourth-order valence-electron chi connectivity index (χ4n) is 14.1. The minimum atomic E-state index is -0.475. The Bertz CT molecular complexity index is 5920. The maximum absolute atomic E-state index is 14.5. The molecule has 0 radical (unpaired) electrons. The molecule has 100 heavy (non-hydrogen) atoms. The molecule has 0 unspecified atom stereocenters. The zero-order chi connectivity index (χ0) is 66.9. The van der Waals surface area contributed by atoms with Gasteiger partial charge in [0.2, 0.25) is 0 Å². The first-order valence-electron chi connectivity index (χ1n) is 33.6. The Morgan fingerprint density at radius 2 is 0.520 bits per heavy atom. The highest BCUT2D eigenvalue weighted by atomic mass is 19.1. The van der Waals surface area contributed by atoms with Crippen LogP contribution in [0.1, 0.15) is 0 Å². The lowest BCUT2D eigenvalue weighted by atomic mass is 9.96. The molecule has 4 aromatic heterocycles. The van der Waals surface area contributed by atoms with Crippen LogP contribution in [0.15, 0.2) is 376 Å². The number of nitrogens with zero attached hydrogens (tertiary/aromatic N) is 4. The fourth-order valence-corrected chi connectivity index (χ4v) is 14.1. The Morgan fingerprint density at radius 3 is 0.940 bits per heavy atom. The second-order valence-electron chi connectivity index (χ2n) is 25.1. The summed E-state index contributed by atoms with van der Waals surface area (Å²) in [5.41, 5.74) is 26.5. The van der Waals surface area contributed by atoms with Crippen molar-refractivity contribution >= 4 is 43.6 Å². The normalized spacial score (nSPS) is 11.3. The molecule has 0 spiro atoms. The second kappa shape index (κ2) is 26.4. The molecule has 18 aromatic rings. The van der Waals surface area contributed by atoms with Gasteiger partial charge in [-0.05, 0) is 153 Å². The third kappa shape index (κ3) is 11.8. The van der Waals surface area contributed by atoms with Gasteiger partial charge in [0.05, 0.1) is 50.5 Å². The Balaban J connectivity index is 0.000000168. The summed E-state index contributed by atoms with van der Waals surface area (Å²) in [6, 6.07) is 129. The van der Waals surface area contributed by atoms with Gasteiger partial charge in [0.15, 0.2) is 0 Å². The molecular formula is C94H62F2N4. The van der Waals surface area contributed by atoms with Crippen molar-refractivity contribution in [1.29, 1.82) is 0 Å². The van der Waals surface area contributed by atoms with Crippen molar-refractivity contribution < 1.29 is 8.78 Å². The summed E-state index contributed by atoms with van der Waals surface area (Å²) in [5, 5.41) is 4.96. The van der Waals surface area contributed by atoms with E-state index in [1.54, 1.807) is 6.07 Å². The number of aromatic nitrogens is 4. The van der Waals surface area contributed by atoms with Gasteiger partial charge >= 0.3 is 0 Å². The molecule has 14 aromatic carbocycles. The number of rotatable bonds is 12. The van der Waals surface area contributed by atoms with Crippen LogP contribution in [0.25, 0.3) is 167 Å². The van der Waals surface area contributed by atoms with Crippen molar-refractivity contribution in [2.75, 3.05) is 0 Å². The van der Waals surface area contributed by atoms with Crippen LogP contribution in [0.4, 0.5) is 8.78 Å². The number of halogens is 2. The van der Waals surface area contributed by atoms with Gasteiger partial charge in [-0.15, -0.1) is 0 Å². The van der Waals surface area contributed by atoms with E-state index >= 15 is 0 Å². The summed E-state index contributed by atoms with van der Waals surface area (Å²) in [4.78, 5) is 10.3. The van der Waals surface area contributed by atoms with Crippen molar-refractivity contribution in [3.8, 4) is 123 Å². The molecule has 472 valence electrons. The quantitative estimate of drug-likeness (QED) is 0.122. The molecule has 6 heteroatoms. The van der Waals surface area contributed by atoms with Crippen LogP contribution in [0.2, 0.25) is 0 Å². The fraction of sp³-hybridized carbons (Fsp3) is 0. The monoisotopic (exact) mass is 1280 g/mol. The SMILES string of the molecule is Fc1ccc(F)c(-c2cccc(-c3cc(-c4ccc(-c5ccccc5)cc4)cc(-c4ccccc4)n3)c2)c1.c1ccc(-c2ccc(-c3cc(-c4ccccc4)nc(-c4cccc(-c5cc(-n6c7ccccc7c7ccccc76)ccc5-n5c6ccccc6c6ccccc65)c4)c3)cc2)cc1. The van der Waals surface area contributed by atoms with E-state index in [2.05, 4.69) is 288 Å². The second-order valence-corrected chi connectivity index (χ2v) is 25.1. The first-order valence-corrected chi connectivity index (χ1v) is 33.6. The first-order chi connectivity index (χ1) is 49.4. The van der Waals surface area contributed by atoms with Crippen LogP contribution < -0.4 is 0 Å². The van der Waals surface area contributed by atoms with Gasteiger partial charge in [0.1, 0.15) is 11.6 Å². The van der Waals surface area contributed by atoms with Gasteiger partial charge in [0.25, 0.3) is 0 Å². The lowest BCUT2D eigenvalue weighted by Crippen LogP contribution is -2.01. The highest BCUT2D eigenvalue weighted by Crippen LogP contribution is 2.42. The van der Waals surface area contributed by atoms with Gasteiger partial charge < -0.3 is 9.13 Å². The number of pyridine rings is 2. The number of fused-ring (bicyclic) bond motifs is 6. The molecule has 0 saturated heterocycles. The molecule has 0 fully saturated rings. The molecule has 0 aliphatic heterocycles. The van der Waals surface area contributed by atoms with Crippen molar-refractivity contribution in [3.63, 3.8) is 0 Å². The van der Waals surface area contributed by atoms with Crippen LogP contribution in [0.5, 0.6) is 0 Å². The largest absolute Gasteiger partial charge is 0.309 e.